The molecular weight excluding hydrogens is 330 g/mol. The van der Waals surface area contributed by atoms with Crippen molar-refractivity contribution in [3.8, 4) is 0 Å². The van der Waals surface area contributed by atoms with Crippen LogP contribution < -0.4 is 5.46 Å². The lowest BCUT2D eigenvalue weighted by atomic mass is 9.79. The van der Waals surface area contributed by atoms with Crippen LogP contribution in [0.1, 0.15) is 39.2 Å². The molecule has 0 bridgehead atoms. The van der Waals surface area contributed by atoms with Crippen molar-refractivity contribution in [3.63, 3.8) is 0 Å². The average Bonchev–Trinajstić information content (AvgIpc) is 2.68. The summed E-state index contributed by atoms with van der Waals surface area (Å²) in [6.45, 7) is 5.29. The quantitative estimate of drug-likeness (QED) is 0.587. The molecule has 0 saturated carbocycles. The van der Waals surface area contributed by atoms with Crippen molar-refractivity contribution in [1.29, 1.82) is 0 Å². The van der Waals surface area contributed by atoms with Crippen LogP contribution in [0.2, 0.25) is 0 Å². The van der Waals surface area contributed by atoms with Crippen LogP contribution in [0.5, 0.6) is 0 Å². The number of allylic oxidation sites excluding steroid dienone is 1. The van der Waals surface area contributed by atoms with E-state index in [0.29, 0.717) is 11.9 Å². The largest absolute Gasteiger partial charge is 0.494 e. The summed E-state index contributed by atoms with van der Waals surface area (Å²) in [5.41, 5.74) is -1.92. The number of rotatable bonds is 4. The van der Waals surface area contributed by atoms with Crippen LogP contribution in [0.15, 0.2) is 36.4 Å². The lowest BCUT2D eigenvalue weighted by molar-refractivity contribution is -0.137. The molecule has 0 aromatic heterocycles. The van der Waals surface area contributed by atoms with E-state index >= 15 is 0 Å². The molecular formula is C16H18BF5O2. The first-order chi connectivity index (χ1) is 10.9. The van der Waals surface area contributed by atoms with Gasteiger partial charge < -0.3 is 9.31 Å². The fraction of sp³-hybridized carbons (Fsp3) is 0.500. The van der Waals surface area contributed by atoms with E-state index in [9.17, 15) is 22.0 Å². The predicted molar refractivity (Wildman–Crippen MR) is 81.0 cm³/mol. The molecule has 1 aromatic carbocycles. The van der Waals surface area contributed by atoms with E-state index in [1.807, 2.05) is 0 Å². The van der Waals surface area contributed by atoms with Gasteiger partial charge in [-0.2, -0.15) is 22.0 Å². The zero-order chi connectivity index (χ0) is 18.2. The Morgan fingerprint density at radius 3 is 2.17 bits per heavy atom. The molecule has 0 radical (unpaired) electrons. The predicted octanol–water partition coefficient (Wildman–Crippen LogP) is 4.55. The van der Waals surface area contributed by atoms with Crippen LogP contribution in [0.3, 0.4) is 0 Å². The molecule has 0 amide bonds. The molecule has 1 unspecified atom stereocenters. The fourth-order valence-electron chi connectivity index (χ4n) is 2.58. The molecule has 132 valence electrons. The number of hydrogen-bond donors (Lipinski definition) is 0. The maximum atomic E-state index is 12.6. The van der Waals surface area contributed by atoms with Gasteiger partial charge in [0.25, 0.3) is 6.08 Å². The van der Waals surface area contributed by atoms with Gasteiger partial charge in [-0.05, 0) is 45.2 Å². The van der Waals surface area contributed by atoms with Gasteiger partial charge in [-0.3, -0.25) is 0 Å². The first kappa shape index (κ1) is 18.9. The molecule has 0 N–H and O–H groups in total. The van der Waals surface area contributed by atoms with Gasteiger partial charge in [-0.25, -0.2) is 0 Å². The van der Waals surface area contributed by atoms with Gasteiger partial charge in [0.2, 0.25) is 0 Å². The summed E-state index contributed by atoms with van der Waals surface area (Å²) in [6.07, 6.45) is -4.93. The Balaban J connectivity index is 2.15. The molecule has 1 aromatic rings. The van der Waals surface area contributed by atoms with E-state index in [2.05, 4.69) is 0 Å². The van der Waals surface area contributed by atoms with Crippen molar-refractivity contribution in [2.24, 2.45) is 0 Å². The second-order valence-electron chi connectivity index (χ2n) is 6.46. The van der Waals surface area contributed by atoms with Crippen molar-refractivity contribution in [2.75, 3.05) is 0 Å². The second kappa shape index (κ2) is 6.48. The molecule has 8 heteroatoms. The molecule has 0 aliphatic carbocycles. The third-order valence-electron chi connectivity index (χ3n) is 4.47. The third kappa shape index (κ3) is 3.98. The van der Waals surface area contributed by atoms with Gasteiger partial charge in [0.15, 0.2) is 0 Å². The van der Waals surface area contributed by atoms with Crippen LogP contribution in [-0.2, 0) is 15.5 Å². The minimum atomic E-state index is -4.41. The van der Waals surface area contributed by atoms with Gasteiger partial charge in [0, 0.05) is 0 Å². The SMILES string of the molecule is CC1(C)OB(c2ccc(C(F)(F)F)cc2)OC1(C)CCC=C(F)F. The summed E-state index contributed by atoms with van der Waals surface area (Å²) in [4.78, 5) is 0. The highest BCUT2D eigenvalue weighted by atomic mass is 19.4. The normalized spacial score (nSPS) is 23.4. The standard InChI is InChI=1S/C16H18BF5O2/c1-14(2)15(3,10-4-5-13(18)19)24-17(23-14)12-8-6-11(7-9-12)16(20,21)22/h5-9H,4,10H2,1-3H3. The third-order valence-corrected chi connectivity index (χ3v) is 4.47. The summed E-state index contributed by atoms with van der Waals surface area (Å²) in [6, 6.07) is 4.53. The average molecular weight is 348 g/mol. The van der Waals surface area contributed by atoms with Crippen LogP contribution in [-0.4, -0.2) is 18.3 Å². The molecule has 1 atom stereocenters. The highest BCUT2D eigenvalue weighted by Crippen LogP contribution is 2.40. The van der Waals surface area contributed by atoms with Gasteiger partial charge in [0.1, 0.15) is 0 Å². The van der Waals surface area contributed by atoms with E-state index in [1.165, 1.54) is 12.1 Å². The summed E-state index contributed by atoms with van der Waals surface area (Å²) >= 11 is 0. The Morgan fingerprint density at radius 1 is 1.08 bits per heavy atom. The molecule has 1 saturated heterocycles. The Kier molecular flexibility index (Phi) is 5.11. The number of halogens is 5. The van der Waals surface area contributed by atoms with Crippen LogP contribution in [0, 0.1) is 0 Å². The van der Waals surface area contributed by atoms with Crippen molar-refractivity contribution in [3.05, 3.63) is 42.0 Å². The molecule has 0 spiro atoms. The zero-order valence-electron chi connectivity index (χ0n) is 13.6. The van der Waals surface area contributed by atoms with Crippen molar-refractivity contribution in [2.45, 2.75) is 51.0 Å². The van der Waals surface area contributed by atoms with Gasteiger partial charge >= 0.3 is 13.3 Å². The summed E-state index contributed by atoms with van der Waals surface area (Å²) in [5, 5.41) is 0. The number of benzene rings is 1. The van der Waals surface area contributed by atoms with Gasteiger partial charge in [0.05, 0.1) is 16.8 Å². The Morgan fingerprint density at radius 2 is 1.67 bits per heavy atom. The monoisotopic (exact) mass is 348 g/mol. The molecule has 24 heavy (non-hydrogen) atoms. The van der Waals surface area contributed by atoms with E-state index < -0.39 is 36.1 Å². The van der Waals surface area contributed by atoms with Crippen LogP contribution in [0.4, 0.5) is 22.0 Å². The minimum Gasteiger partial charge on any atom is -0.399 e. The fourth-order valence-corrected chi connectivity index (χ4v) is 2.58. The van der Waals surface area contributed by atoms with E-state index in [4.69, 9.17) is 9.31 Å². The Bertz CT molecular complexity index is 608. The summed E-state index contributed by atoms with van der Waals surface area (Å²) < 4.78 is 74.0. The summed E-state index contributed by atoms with van der Waals surface area (Å²) in [5.74, 6) is 0. The topological polar surface area (TPSA) is 18.5 Å². The first-order valence-corrected chi connectivity index (χ1v) is 7.49. The lowest BCUT2D eigenvalue weighted by Gasteiger charge is -2.36. The van der Waals surface area contributed by atoms with Gasteiger partial charge in [-0.15, -0.1) is 0 Å². The molecule has 1 aliphatic heterocycles. The lowest BCUT2D eigenvalue weighted by Crippen LogP contribution is -2.44. The van der Waals surface area contributed by atoms with E-state index in [0.717, 1.165) is 18.2 Å². The van der Waals surface area contributed by atoms with Crippen LogP contribution >= 0.6 is 0 Å². The van der Waals surface area contributed by atoms with E-state index in [1.54, 1.807) is 20.8 Å². The second-order valence-corrected chi connectivity index (χ2v) is 6.46. The number of hydrogen-bond acceptors (Lipinski definition) is 2. The molecule has 2 nitrogen and oxygen atoms in total. The number of alkyl halides is 3. The molecule has 1 aliphatic rings. The minimum absolute atomic E-state index is 0.116. The first-order valence-electron chi connectivity index (χ1n) is 7.49. The van der Waals surface area contributed by atoms with Crippen molar-refractivity contribution >= 4 is 12.6 Å². The molecule has 2 rings (SSSR count). The maximum absolute atomic E-state index is 12.6. The highest BCUT2D eigenvalue weighted by molar-refractivity contribution is 6.62. The maximum Gasteiger partial charge on any atom is 0.494 e. The van der Waals surface area contributed by atoms with Crippen LogP contribution in [0.25, 0.3) is 0 Å². The van der Waals surface area contributed by atoms with E-state index in [-0.39, 0.29) is 6.42 Å². The Hall–Kier alpha value is -1.41. The van der Waals surface area contributed by atoms with Crippen molar-refractivity contribution in [1.82, 2.24) is 0 Å². The molecule has 1 fully saturated rings. The van der Waals surface area contributed by atoms with Gasteiger partial charge in [-0.1, -0.05) is 24.3 Å². The zero-order valence-corrected chi connectivity index (χ0v) is 13.6. The van der Waals surface area contributed by atoms with Crippen molar-refractivity contribution < 1.29 is 31.3 Å². The summed E-state index contributed by atoms with van der Waals surface area (Å²) in [7, 11) is -0.841. The smallest absolute Gasteiger partial charge is 0.399 e. The highest BCUT2D eigenvalue weighted by Gasteiger charge is 2.54. The Labute approximate surface area is 137 Å². The molecule has 1 heterocycles.